The maximum atomic E-state index is 10.3. The number of carbonyl (C=O) groups is 1. The minimum absolute atomic E-state index is 0. The van der Waals surface area contributed by atoms with Gasteiger partial charge in [-0.05, 0) is 0 Å². The first-order valence-corrected chi connectivity index (χ1v) is 2.94. The second-order valence-corrected chi connectivity index (χ2v) is 1.99. The van der Waals surface area contributed by atoms with Crippen LogP contribution in [0.25, 0.3) is 0 Å². The summed E-state index contributed by atoms with van der Waals surface area (Å²) in [6.45, 7) is 0. The zero-order chi connectivity index (χ0) is 9.14. The lowest BCUT2D eigenvalue weighted by molar-refractivity contribution is -0.385. The fourth-order valence-electron chi connectivity index (χ4n) is 0.645. The summed E-state index contributed by atoms with van der Waals surface area (Å²) in [5, 5.41) is 18.6. The number of carboxylic acid groups (broad SMARTS) is 1. The van der Waals surface area contributed by atoms with Crippen molar-refractivity contribution in [3.05, 3.63) is 34.1 Å². The molecule has 1 aromatic heterocycles. The van der Waals surface area contributed by atoms with Crippen LogP contribution in [0.5, 0.6) is 0 Å². The van der Waals surface area contributed by atoms with Gasteiger partial charge in [-0.15, -0.1) is 12.4 Å². The number of pyridine rings is 1. The highest BCUT2D eigenvalue weighted by Crippen LogP contribution is 2.10. The minimum atomic E-state index is -1.23. The number of rotatable bonds is 2. The van der Waals surface area contributed by atoms with Crippen molar-refractivity contribution in [2.45, 2.75) is 0 Å². The van der Waals surface area contributed by atoms with Gasteiger partial charge in [0.2, 0.25) is 0 Å². The van der Waals surface area contributed by atoms with E-state index in [2.05, 4.69) is 4.98 Å². The van der Waals surface area contributed by atoms with Crippen molar-refractivity contribution in [2.24, 2.45) is 0 Å². The normalized spacial score (nSPS) is 8.62. The van der Waals surface area contributed by atoms with Crippen molar-refractivity contribution in [1.82, 2.24) is 4.98 Å². The fraction of sp³-hybridized carbons (Fsp3) is 0. The number of aromatic nitrogens is 1. The Morgan fingerprint density at radius 3 is 2.62 bits per heavy atom. The Bertz CT molecular complexity index is 312. The molecule has 0 fully saturated rings. The summed E-state index contributed by atoms with van der Waals surface area (Å²) in [5.41, 5.74) is -0.515. The monoisotopic (exact) mass is 204 g/mol. The van der Waals surface area contributed by atoms with E-state index < -0.39 is 10.9 Å². The Kier molecular flexibility index (Phi) is 3.80. The van der Waals surface area contributed by atoms with E-state index in [0.717, 1.165) is 18.5 Å². The number of nitrogens with zero attached hydrogens (tertiary/aromatic N) is 2. The molecular weight excluding hydrogens is 200 g/mol. The second kappa shape index (κ2) is 4.36. The molecule has 0 spiro atoms. The third kappa shape index (κ3) is 2.68. The molecule has 70 valence electrons. The topological polar surface area (TPSA) is 93.3 Å². The van der Waals surface area contributed by atoms with Gasteiger partial charge >= 0.3 is 5.97 Å². The smallest absolute Gasteiger partial charge is 0.337 e. The van der Waals surface area contributed by atoms with E-state index in [1.165, 1.54) is 0 Å². The van der Waals surface area contributed by atoms with Crippen LogP contribution in [0.2, 0.25) is 0 Å². The lowest BCUT2D eigenvalue weighted by atomic mass is 10.3. The molecule has 7 heteroatoms. The van der Waals surface area contributed by atoms with E-state index >= 15 is 0 Å². The molecule has 0 amide bonds. The lowest BCUT2D eigenvalue weighted by Gasteiger charge is -1.92. The summed E-state index contributed by atoms with van der Waals surface area (Å²) in [6, 6.07) is 0.954. The van der Waals surface area contributed by atoms with Crippen LogP contribution in [0.15, 0.2) is 18.5 Å². The first-order valence-electron chi connectivity index (χ1n) is 2.94. The van der Waals surface area contributed by atoms with Gasteiger partial charge in [0.25, 0.3) is 5.69 Å². The molecule has 0 aromatic carbocycles. The molecule has 0 bridgehead atoms. The van der Waals surface area contributed by atoms with E-state index in [4.69, 9.17) is 5.11 Å². The number of nitro groups is 1. The molecule has 13 heavy (non-hydrogen) atoms. The van der Waals surface area contributed by atoms with Crippen LogP contribution in [-0.2, 0) is 0 Å². The first-order chi connectivity index (χ1) is 5.61. The van der Waals surface area contributed by atoms with Crippen molar-refractivity contribution >= 4 is 24.1 Å². The highest BCUT2D eigenvalue weighted by atomic mass is 35.5. The average Bonchev–Trinajstić information content (AvgIpc) is 2.04. The molecule has 1 aromatic rings. The summed E-state index contributed by atoms with van der Waals surface area (Å²) >= 11 is 0. The Labute approximate surface area is 78.8 Å². The number of halogens is 1. The first kappa shape index (κ1) is 11.3. The van der Waals surface area contributed by atoms with Gasteiger partial charge in [-0.25, -0.2) is 4.79 Å². The fourth-order valence-corrected chi connectivity index (χ4v) is 0.645. The van der Waals surface area contributed by atoms with Crippen molar-refractivity contribution < 1.29 is 14.8 Å². The van der Waals surface area contributed by atoms with Crippen LogP contribution in [0.1, 0.15) is 10.4 Å². The van der Waals surface area contributed by atoms with Gasteiger partial charge in [0.05, 0.1) is 10.5 Å². The van der Waals surface area contributed by atoms with E-state index in [-0.39, 0.29) is 23.7 Å². The Morgan fingerprint density at radius 2 is 2.15 bits per heavy atom. The zero-order valence-electron chi connectivity index (χ0n) is 6.21. The van der Waals surface area contributed by atoms with Crippen molar-refractivity contribution in [3.63, 3.8) is 0 Å². The molecule has 0 radical (unpaired) electrons. The predicted octanol–water partition coefficient (Wildman–Crippen LogP) is 1.11. The quantitative estimate of drug-likeness (QED) is 0.575. The molecule has 0 saturated heterocycles. The molecule has 6 nitrogen and oxygen atoms in total. The van der Waals surface area contributed by atoms with Gasteiger partial charge in [0.15, 0.2) is 0 Å². The zero-order valence-corrected chi connectivity index (χ0v) is 7.02. The van der Waals surface area contributed by atoms with Crippen molar-refractivity contribution in [2.75, 3.05) is 0 Å². The largest absolute Gasteiger partial charge is 0.478 e. The van der Waals surface area contributed by atoms with Crippen LogP contribution in [0.4, 0.5) is 5.69 Å². The number of hydrogen-bond acceptors (Lipinski definition) is 4. The summed E-state index contributed by atoms with van der Waals surface area (Å²) < 4.78 is 0. The van der Waals surface area contributed by atoms with Crippen molar-refractivity contribution in [1.29, 1.82) is 0 Å². The number of hydrogen-bond donors (Lipinski definition) is 1. The molecule has 0 aliphatic heterocycles. The number of aromatic carboxylic acids is 1. The van der Waals surface area contributed by atoms with Crippen LogP contribution >= 0.6 is 12.4 Å². The second-order valence-electron chi connectivity index (χ2n) is 1.99. The molecular formula is C6H5ClN2O4. The Morgan fingerprint density at radius 1 is 1.54 bits per heavy atom. The Hall–Kier alpha value is -1.69. The van der Waals surface area contributed by atoms with Gasteiger partial charge in [-0.3, -0.25) is 15.1 Å². The van der Waals surface area contributed by atoms with Crippen LogP contribution < -0.4 is 0 Å². The van der Waals surface area contributed by atoms with Crippen LogP contribution in [0.3, 0.4) is 0 Å². The molecule has 0 saturated carbocycles. The molecule has 1 N–H and O–H groups in total. The maximum Gasteiger partial charge on any atom is 0.337 e. The number of carboxylic acids is 1. The minimum Gasteiger partial charge on any atom is -0.478 e. The molecule has 1 heterocycles. The highest BCUT2D eigenvalue weighted by Gasteiger charge is 2.10. The summed E-state index contributed by atoms with van der Waals surface area (Å²) in [4.78, 5) is 23.2. The molecule has 0 atom stereocenters. The van der Waals surface area contributed by atoms with Gasteiger partial charge in [0, 0.05) is 12.3 Å². The van der Waals surface area contributed by atoms with E-state index in [1.54, 1.807) is 0 Å². The van der Waals surface area contributed by atoms with Gasteiger partial charge in [-0.2, -0.15) is 0 Å². The molecule has 0 aliphatic rings. The molecule has 0 aliphatic carbocycles. The summed E-state index contributed by atoms with van der Waals surface area (Å²) in [6.07, 6.45) is 2.04. The standard InChI is InChI=1S/C6H4N2O4.ClH/c9-6(10)4-1-5(8(11)12)3-7-2-4;/h1-3H,(H,9,10);1H. The Balaban J connectivity index is 0.00000144. The molecule has 0 unspecified atom stereocenters. The van der Waals surface area contributed by atoms with Gasteiger partial charge in [-0.1, -0.05) is 0 Å². The third-order valence-electron chi connectivity index (χ3n) is 1.18. The summed E-state index contributed by atoms with van der Waals surface area (Å²) in [5.74, 6) is -1.23. The van der Waals surface area contributed by atoms with Crippen LogP contribution in [-0.4, -0.2) is 21.0 Å². The van der Waals surface area contributed by atoms with Crippen LogP contribution in [0, 0.1) is 10.1 Å². The van der Waals surface area contributed by atoms with Gasteiger partial charge in [0.1, 0.15) is 6.20 Å². The predicted molar refractivity (Wildman–Crippen MR) is 45.1 cm³/mol. The maximum absolute atomic E-state index is 10.3. The lowest BCUT2D eigenvalue weighted by Crippen LogP contribution is -1.98. The van der Waals surface area contributed by atoms with Gasteiger partial charge < -0.3 is 5.11 Å². The van der Waals surface area contributed by atoms with Crippen molar-refractivity contribution in [3.8, 4) is 0 Å². The summed E-state index contributed by atoms with van der Waals surface area (Å²) in [7, 11) is 0. The van der Waals surface area contributed by atoms with E-state index in [0.29, 0.717) is 0 Å². The van der Waals surface area contributed by atoms with E-state index in [1.807, 2.05) is 0 Å². The highest BCUT2D eigenvalue weighted by molar-refractivity contribution is 5.87. The SMILES string of the molecule is Cl.O=C(O)c1cncc([N+](=O)[O-])c1. The molecule has 1 rings (SSSR count). The third-order valence-corrected chi connectivity index (χ3v) is 1.18. The van der Waals surface area contributed by atoms with E-state index in [9.17, 15) is 14.9 Å². The average molecular weight is 205 g/mol.